The summed E-state index contributed by atoms with van der Waals surface area (Å²) in [5.74, 6) is 0. The van der Waals surface area contributed by atoms with Gasteiger partial charge in [-0.25, -0.2) is 14.2 Å². The highest BCUT2D eigenvalue weighted by molar-refractivity contribution is 5.72. The molecule has 0 aliphatic rings. The quantitative estimate of drug-likeness (QED) is 0.647. The van der Waals surface area contributed by atoms with Crippen molar-refractivity contribution in [2.24, 2.45) is 14.1 Å². The number of benzene rings is 1. The molecule has 0 radical (unpaired) electrons. The van der Waals surface area contributed by atoms with Gasteiger partial charge in [-0.3, -0.25) is 23.7 Å². The van der Waals surface area contributed by atoms with Crippen molar-refractivity contribution in [1.29, 1.82) is 0 Å². The number of nitrogens with zero attached hydrogens (tertiary/aromatic N) is 3. The third-order valence-corrected chi connectivity index (χ3v) is 3.80. The molecule has 2 aromatic heterocycles. The lowest BCUT2D eigenvalue weighted by Crippen LogP contribution is -2.44. The van der Waals surface area contributed by atoms with Gasteiger partial charge in [0.25, 0.3) is 11.1 Å². The maximum absolute atomic E-state index is 12.7. The topological polar surface area (TPSA) is 98.9 Å². The number of aryl methyl sites for hydroxylation is 2. The Bertz CT molecular complexity index is 1160. The number of hydrogen-bond acceptors (Lipinski definition) is 4. The molecule has 118 valence electrons. The highest BCUT2D eigenvalue weighted by Gasteiger charge is 2.17. The molecule has 0 bridgehead atoms. The fraction of sp³-hybridized carbons (Fsp3) is 0.200. The Hall–Kier alpha value is -3.16. The molecule has 23 heavy (non-hydrogen) atoms. The normalized spacial score (nSPS) is 11.1. The van der Waals surface area contributed by atoms with E-state index in [0.29, 0.717) is 5.69 Å². The summed E-state index contributed by atoms with van der Waals surface area (Å²) in [6.45, 7) is 1.88. The van der Waals surface area contributed by atoms with E-state index in [1.165, 1.54) is 14.1 Å². The Labute approximate surface area is 128 Å². The predicted molar refractivity (Wildman–Crippen MR) is 85.4 cm³/mol. The third kappa shape index (κ3) is 2.07. The van der Waals surface area contributed by atoms with Crippen molar-refractivity contribution in [3.63, 3.8) is 0 Å². The Kier molecular flexibility index (Phi) is 3.17. The minimum atomic E-state index is -0.760. The monoisotopic (exact) mass is 314 g/mol. The van der Waals surface area contributed by atoms with Gasteiger partial charge in [0, 0.05) is 14.1 Å². The van der Waals surface area contributed by atoms with Crippen LogP contribution in [-0.2, 0) is 14.1 Å². The first kappa shape index (κ1) is 14.8. The molecule has 0 amide bonds. The smallest absolute Gasteiger partial charge is 0.292 e. The van der Waals surface area contributed by atoms with E-state index in [1.807, 2.05) is 6.92 Å². The molecule has 0 saturated carbocycles. The van der Waals surface area contributed by atoms with Crippen LogP contribution in [-0.4, -0.2) is 18.7 Å². The first-order valence-corrected chi connectivity index (χ1v) is 6.85. The molecule has 0 unspecified atom stereocenters. The van der Waals surface area contributed by atoms with Gasteiger partial charge >= 0.3 is 11.4 Å². The van der Waals surface area contributed by atoms with Crippen LogP contribution >= 0.6 is 0 Å². The van der Waals surface area contributed by atoms with Crippen LogP contribution in [0.25, 0.3) is 16.7 Å². The predicted octanol–water partition coefficient (Wildman–Crippen LogP) is -0.615. The van der Waals surface area contributed by atoms with E-state index in [0.717, 1.165) is 19.3 Å². The fourth-order valence-corrected chi connectivity index (χ4v) is 2.47. The van der Waals surface area contributed by atoms with Gasteiger partial charge in [0.1, 0.15) is 11.0 Å². The van der Waals surface area contributed by atoms with Crippen LogP contribution in [0.5, 0.6) is 0 Å². The van der Waals surface area contributed by atoms with E-state index in [9.17, 15) is 19.2 Å². The largest absolute Gasteiger partial charge is 0.334 e. The SMILES string of the molecule is Cc1ccc(-n2c(=O)[nH]c3c(c(=O)n(C)c(=O)n3C)c2=O)cc1. The van der Waals surface area contributed by atoms with Crippen molar-refractivity contribution in [2.75, 3.05) is 0 Å². The molecule has 1 N–H and O–H groups in total. The molecular formula is C15H14N4O4. The molecule has 3 rings (SSSR count). The highest BCUT2D eigenvalue weighted by Crippen LogP contribution is 2.06. The molecule has 0 saturated heterocycles. The summed E-state index contributed by atoms with van der Waals surface area (Å²) < 4.78 is 2.79. The molecular weight excluding hydrogens is 300 g/mol. The summed E-state index contributed by atoms with van der Waals surface area (Å²) in [5, 5.41) is -0.241. The molecule has 1 aromatic carbocycles. The summed E-state index contributed by atoms with van der Waals surface area (Å²) >= 11 is 0. The average molecular weight is 314 g/mol. The standard InChI is InChI=1S/C15H14N4O4/c1-8-4-6-9(7-5-8)19-13(21)10-11(16-14(19)22)17(2)15(23)18(3)12(10)20/h4-7H,1-3H3,(H,16,22). The number of hydrogen-bond donors (Lipinski definition) is 1. The number of H-pyrrole nitrogens is 1. The maximum atomic E-state index is 12.7. The summed E-state index contributed by atoms with van der Waals surface area (Å²) in [6.07, 6.45) is 0. The van der Waals surface area contributed by atoms with Crippen LogP contribution < -0.4 is 22.5 Å². The zero-order valence-electron chi connectivity index (χ0n) is 12.8. The van der Waals surface area contributed by atoms with Crippen molar-refractivity contribution in [2.45, 2.75) is 6.92 Å². The van der Waals surface area contributed by atoms with Crippen molar-refractivity contribution >= 4 is 11.0 Å². The lowest BCUT2D eigenvalue weighted by Gasteiger charge is -2.10. The van der Waals surface area contributed by atoms with Gasteiger partial charge in [-0.2, -0.15) is 0 Å². The van der Waals surface area contributed by atoms with Crippen LogP contribution in [0, 0.1) is 6.92 Å². The maximum Gasteiger partial charge on any atom is 0.334 e. The summed E-state index contributed by atoms with van der Waals surface area (Å²) in [7, 11) is 2.67. The van der Waals surface area contributed by atoms with Gasteiger partial charge in [-0.15, -0.1) is 0 Å². The zero-order chi connectivity index (χ0) is 16.9. The first-order chi connectivity index (χ1) is 10.8. The molecule has 2 heterocycles. The van der Waals surface area contributed by atoms with E-state index in [-0.39, 0.29) is 11.0 Å². The molecule has 8 heteroatoms. The first-order valence-electron chi connectivity index (χ1n) is 6.85. The van der Waals surface area contributed by atoms with Crippen LogP contribution in [0.1, 0.15) is 5.56 Å². The van der Waals surface area contributed by atoms with Gasteiger partial charge < -0.3 is 0 Å². The fourth-order valence-electron chi connectivity index (χ4n) is 2.47. The lowest BCUT2D eigenvalue weighted by molar-refractivity contribution is 0.699. The number of rotatable bonds is 1. The summed E-state index contributed by atoms with van der Waals surface area (Å²) in [5.41, 5.74) is -1.61. The van der Waals surface area contributed by atoms with Crippen molar-refractivity contribution < 1.29 is 0 Å². The molecule has 0 fully saturated rings. The Morgan fingerprint density at radius 1 is 0.870 bits per heavy atom. The lowest BCUT2D eigenvalue weighted by atomic mass is 10.2. The van der Waals surface area contributed by atoms with E-state index in [2.05, 4.69) is 4.98 Å². The van der Waals surface area contributed by atoms with Gasteiger partial charge in [-0.1, -0.05) is 17.7 Å². The van der Waals surface area contributed by atoms with E-state index >= 15 is 0 Å². The van der Waals surface area contributed by atoms with Crippen LogP contribution in [0.15, 0.2) is 43.4 Å². The Morgan fingerprint density at radius 3 is 2.09 bits per heavy atom. The van der Waals surface area contributed by atoms with Gasteiger partial charge in [0.2, 0.25) is 0 Å². The second-order valence-corrected chi connectivity index (χ2v) is 5.34. The Morgan fingerprint density at radius 2 is 1.48 bits per heavy atom. The van der Waals surface area contributed by atoms with Crippen LogP contribution in [0.3, 0.4) is 0 Å². The second-order valence-electron chi connectivity index (χ2n) is 5.34. The van der Waals surface area contributed by atoms with Gasteiger partial charge in [0.15, 0.2) is 0 Å². The highest BCUT2D eigenvalue weighted by atomic mass is 16.2. The number of aromatic nitrogens is 4. The average Bonchev–Trinajstić information content (AvgIpc) is 2.52. The zero-order valence-corrected chi connectivity index (χ0v) is 12.8. The molecule has 0 aliphatic carbocycles. The van der Waals surface area contributed by atoms with Crippen molar-refractivity contribution in [3.8, 4) is 5.69 Å². The minimum Gasteiger partial charge on any atom is -0.292 e. The second kappa shape index (κ2) is 4.94. The number of aromatic amines is 1. The molecule has 0 aliphatic heterocycles. The van der Waals surface area contributed by atoms with Crippen molar-refractivity contribution in [3.05, 3.63) is 71.5 Å². The summed E-state index contributed by atoms with van der Waals surface area (Å²) in [6, 6.07) is 6.74. The molecule has 8 nitrogen and oxygen atoms in total. The molecule has 3 aromatic rings. The number of nitrogens with one attached hydrogen (secondary N) is 1. The van der Waals surface area contributed by atoms with E-state index in [4.69, 9.17) is 0 Å². The molecule has 0 atom stereocenters. The van der Waals surface area contributed by atoms with Gasteiger partial charge in [0.05, 0.1) is 5.69 Å². The number of fused-ring (bicyclic) bond motifs is 1. The summed E-state index contributed by atoms with van der Waals surface area (Å²) in [4.78, 5) is 51.6. The van der Waals surface area contributed by atoms with Crippen LogP contribution in [0.4, 0.5) is 0 Å². The minimum absolute atomic E-state index is 0.0866. The van der Waals surface area contributed by atoms with E-state index in [1.54, 1.807) is 24.3 Å². The molecule has 0 spiro atoms. The van der Waals surface area contributed by atoms with E-state index < -0.39 is 22.5 Å². The third-order valence-electron chi connectivity index (χ3n) is 3.80. The Balaban J connectivity index is 2.56. The van der Waals surface area contributed by atoms with Gasteiger partial charge in [-0.05, 0) is 19.1 Å². The van der Waals surface area contributed by atoms with Crippen LogP contribution in [0.2, 0.25) is 0 Å². The van der Waals surface area contributed by atoms with Crippen molar-refractivity contribution in [1.82, 2.24) is 18.7 Å².